The Labute approximate surface area is 122 Å². The number of anilines is 1. The van der Waals surface area contributed by atoms with Crippen LogP contribution in [-0.4, -0.2) is 46.1 Å². The van der Waals surface area contributed by atoms with Gasteiger partial charge in [-0.3, -0.25) is 9.48 Å². The number of carboxylic acid groups (broad SMARTS) is 1. The van der Waals surface area contributed by atoms with Crippen molar-refractivity contribution in [3.63, 3.8) is 0 Å². The molecule has 2 atom stereocenters. The van der Waals surface area contributed by atoms with Crippen molar-refractivity contribution < 1.29 is 19.4 Å². The molecule has 2 heterocycles. The Hall–Kier alpha value is -2.09. The van der Waals surface area contributed by atoms with E-state index in [0.717, 1.165) is 19.4 Å². The van der Waals surface area contributed by atoms with Gasteiger partial charge in [0.25, 0.3) is 0 Å². The Balaban J connectivity index is 1.76. The first-order valence-electron chi connectivity index (χ1n) is 6.99. The minimum absolute atomic E-state index is 0.212. The van der Waals surface area contributed by atoms with Crippen LogP contribution in [0.2, 0.25) is 0 Å². The second-order valence-corrected chi connectivity index (χ2v) is 5.02. The van der Waals surface area contributed by atoms with Crippen LogP contribution < -0.4 is 10.6 Å². The lowest BCUT2D eigenvalue weighted by Gasteiger charge is -2.17. The van der Waals surface area contributed by atoms with Crippen LogP contribution >= 0.6 is 0 Å². The molecule has 0 saturated carbocycles. The molecule has 0 aliphatic carbocycles. The van der Waals surface area contributed by atoms with E-state index in [9.17, 15) is 9.59 Å². The van der Waals surface area contributed by atoms with Crippen molar-refractivity contribution in [3.8, 4) is 0 Å². The number of hydrogen-bond donors (Lipinski definition) is 3. The molecular formula is C13H20N4O4. The van der Waals surface area contributed by atoms with E-state index in [-0.39, 0.29) is 18.7 Å². The molecule has 0 bridgehead atoms. The molecule has 1 aliphatic heterocycles. The summed E-state index contributed by atoms with van der Waals surface area (Å²) in [7, 11) is 0. The van der Waals surface area contributed by atoms with Crippen LogP contribution in [-0.2, 0) is 16.1 Å². The Bertz CT molecular complexity index is 502. The highest BCUT2D eigenvalue weighted by Crippen LogP contribution is 2.22. The third-order valence-corrected chi connectivity index (χ3v) is 3.46. The number of ether oxygens (including phenoxy) is 1. The molecular weight excluding hydrogens is 276 g/mol. The van der Waals surface area contributed by atoms with Gasteiger partial charge in [0.05, 0.1) is 18.0 Å². The van der Waals surface area contributed by atoms with Gasteiger partial charge in [0.1, 0.15) is 6.54 Å². The van der Waals surface area contributed by atoms with Crippen LogP contribution in [0.5, 0.6) is 0 Å². The van der Waals surface area contributed by atoms with E-state index < -0.39 is 5.97 Å². The van der Waals surface area contributed by atoms with E-state index in [1.165, 1.54) is 17.1 Å². The molecule has 1 aliphatic rings. The average molecular weight is 296 g/mol. The van der Waals surface area contributed by atoms with E-state index in [1.54, 1.807) is 0 Å². The van der Waals surface area contributed by atoms with Gasteiger partial charge in [0, 0.05) is 25.3 Å². The average Bonchev–Trinajstić information content (AvgIpc) is 3.04. The van der Waals surface area contributed by atoms with Crippen LogP contribution in [0.1, 0.15) is 19.8 Å². The molecule has 1 saturated heterocycles. The van der Waals surface area contributed by atoms with E-state index in [0.29, 0.717) is 18.2 Å². The monoisotopic (exact) mass is 296 g/mol. The van der Waals surface area contributed by atoms with E-state index in [2.05, 4.69) is 22.7 Å². The third kappa shape index (κ3) is 4.45. The summed E-state index contributed by atoms with van der Waals surface area (Å²) in [5, 5.41) is 17.9. The quantitative estimate of drug-likeness (QED) is 0.723. The lowest BCUT2D eigenvalue weighted by molar-refractivity contribution is -0.137. The maximum atomic E-state index is 11.8. The molecule has 2 unspecified atom stereocenters. The van der Waals surface area contributed by atoms with Gasteiger partial charge in [0.2, 0.25) is 0 Å². The highest BCUT2D eigenvalue weighted by Gasteiger charge is 2.26. The number of rotatable bonds is 6. The first-order chi connectivity index (χ1) is 10.1. The predicted octanol–water partition coefficient (Wildman–Crippen LogP) is 0.904. The smallest absolute Gasteiger partial charge is 0.325 e. The van der Waals surface area contributed by atoms with Crippen molar-refractivity contribution in [1.29, 1.82) is 0 Å². The van der Waals surface area contributed by atoms with Crippen LogP contribution in [0.15, 0.2) is 12.4 Å². The minimum Gasteiger partial charge on any atom is -0.480 e. The number of amides is 2. The van der Waals surface area contributed by atoms with E-state index in [4.69, 9.17) is 9.84 Å². The highest BCUT2D eigenvalue weighted by molar-refractivity contribution is 5.88. The molecule has 1 aromatic rings. The zero-order chi connectivity index (χ0) is 15.2. The van der Waals surface area contributed by atoms with Crippen LogP contribution in [0.3, 0.4) is 0 Å². The zero-order valence-electron chi connectivity index (χ0n) is 11.9. The fourth-order valence-corrected chi connectivity index (χ4v) is 2.43. The topological polar surface area (TPSA) is 105 Å². The minimum atomic E-state index is -0.985. The van der Waals surface area contributed by atoms with Gasteiger partial charge < -0.3 is 20.5 Å². The maximum Gasteiger partial charge on any atom is 0.325 e. The van der Waals surface area contributed by atoms with Gasteiger partial charge >= 0.3 is 12.0 Å². The fraction of sp³-hybridized carbons (Fsp3) is 0.615. The lowest BCUT2D eigenvalue weighted by atomic mass is 10.00. The molecule has 21 heavy (non-hydrogen) atoms. The summed E-state index contributed by atoms with van der Waals surface area (Å²) in [5.74, 6) is -0.642. The Morgan fingerprint density at radius 2 is 2.38 bits per heavy atom. The van der Waals surface area contributed by atoms with Gasteiger partial charge in [0.15, 0.2) is 0 Å². The summed E-state index contributed by atoms with van der Waals surface area (Å²) >= 11 is 0. The number of aromatic nitrogens is 2. The summed E-state index contributed by atoms with van der Waals surface area (Å²) < 4.78 is 6.81. The third-order valence-electron chi connectivity index (χ3n) is 3.46. The van der Waals surface area contributed by atoms with Crippen LogP contribution in [0.25, 0.3) is 0 Å². The number of nitrogens with zero attached hydrogens (tertiary/aromatic N) is 2. The molecule has 1 fully saturated rings. The first kappa shape index (κ1) is 15.3. The molecule has 0 aromatic carbocycles. The van der Waals surface area contributed by atoms with Crippen LogP contribution in [0.4, 0.5) is 10.5 Å². The summed E-state index contributed by atoms with van der Waals surface area (Å²) in [5.41, 5.74) is 0.462. The SMILES string of the molecule is CCC1OCCC1CNC(=O)Nc1cnn(CC(=O)O)c1. The molecule has 116 valence electrons. The second-order valence-electron chi connectivity index (χ2n) is 5.02. The molecule has 0 spiro atoms. The van der Waals surface area contributed by atoms with E-state index >= 15 is 0 Å². The summed E-state index contributed by atoms with van der Waals surface area (Å²) in [4.78, 5) is 22.3. The fourth-order valence-electron chi connectivity index (χ4n) is 2.43. The largest absolute Gasteiger partial charge is 0.480 e. The summed E-state index contributed by atoms with van der Waals surface area (Å²) in [6, 6.07) is -0.327. The highest BCUT2D eigenvalue weighted by atomic mass is 16.5. The van der Waals surface area contributed by atoms with Crippen molar-refractivity contribution >= 4 is 17.7 Å². The molecule has 1 aromatic heterocycles. The van der Waals surface area contributed by atoms with Gasteiger partial charge in [-0.2, -0.15) is 5.10 Å². The molecule has 3 N–H and O–H groups in total. The molecule has 0 radical (unpaired) electrons. The number of carbonyl (C=O) groups excluding carboxylic acids is 1. The predicted molar refractivity (Wildman–Crippen MR) is 75.0 cm³/mol. The molecule has 8 heteroatoms. The van der Waals surface area contributed by atoms with Gasteiger partial charge in [-0.05, 0) is 12.8 Å². The lowest BCUT2D eigenvalue weighted by Crippen LogP contribution is -2.35. The molecule has 2 rings (SSSR count). The van der Waals surface area contributed by atoms with Crippen molar-refractivity contribution in [3.05, 3.63) is 12.4 Å². The van der Waals surface area contributed by atoms with E-state index in [1.807, 2.05) is 0 Å². The van der Waals surface area contributed by atoms with Crippen molar-refractivity contribution in [1.82, 2.24) is 15.1 Å². The summed E-state index contributed by atoms with van der Waals surface area (Å²) in [6.45, 7) is 3.14. The zero-order valence-corrected chi connectivity index (χ0v) is 11.9. The second kappa shape index (κ2) is 7.07. The number of carboxylic acids is 1. The van der Waals surface area contributed by atoms with Crippen molar-refractivity contribution in [2.45, 2.75) is 32.4 Å². The number of hydrogen-bond acceptors (Lipinski definition) is 4. The number of urea groups is 1. The van der Waals surface area contributed by atoms with Crippen molar-refractivity contribution in [2.75, 3.05) is 18.5 Å². The number of carbonyl (C=O) groups is 2. The summed E-state index contributed by atoms with van der Waals surface area (Å²) in [6.07, 6.45) is 4.99. The number of aliphatic carboxylic acids is 1. The maximum absolute atomic E-state index is 11.8. The molecule has 2 amide bonds. The first-order valence-corrected chi connectivity index (χ1v) is 6.99. The van der Waals surface area contributed by atoms with Gasteiger partial charge in [-0.1, -0.05) is 6.92 Å². The van der Waals surface area contributed by atoms with Crippen LogP contribution in [0, 0.1) is 5.92 Å². The molecule has 8 nitrogen and oxygen atoms in total. The Kier molecular flexibility index (Phi) is 5.15. The van der Waals surface area contributed by atoms with Crippen molar-refractivity contribution in [2.24, 2.45) is 5.92 Å². The van der Waals surface area contributed by atoms with Gasteiger partial charge in [-0.15, -0.1) is 0 Å². The normalized spacial score (nSPS) is 21.2. The Morgan fingerprint density at radius 1 is 1.57 bits per heavy atom. The Morgan fingerprint density at radius 3 is 3.10 bits per heavy atom. The number of nitrogens with one attached hydrogen (secondary N) is 2. The van der Waals surface area contributed by atoms with Gasteiger partial charge in [-0.25, -0.2) is 4.79 Å². The standard InChI is InChI=1S/C13H20N4O4/c1-2-11-9(3-4-21-11)5-14-13(20)16-10-6-15-17(7-10)8-12(18)19/h6-7,9,11H,2-5,8H2,1H3,(H,18,19)(H2,14,16,20).